The molecule has 0 saturated heterocycles. The van der Waals surface area contributed by atoms with Gasteiger partial charge in [0.25, 0.3) is 5.91 Å². The molecule has 23 heavy (non-hydrogen) atoms. The summed E-state index contributed by atoms with van der Waals surface area (Å²) < 4.78 is 5.62. The van der Waals surface area contributed by atoms with Crippen LogP contribution in [0, 0.1) is 20.8 Å². The Balaban J connectivity index is 1.82. The minimum atomic E-state index is -0.200. The molecule has 0 spiro atoms. The van der Waals surface area contributed by atoms with E-state index in [1.54, 1.807) is 12.3 Å². The van der Waals surface area contributed by atoms with Crippen LogP contribution in [0.5, 0.6) is 0 Å². The molecule has 0 aliphatic heterocycles. The van der Waals surface area contributed by atoms with E-state index in [2.05, 4.69) is 15.3 Å². The Morgan fingerprint density at radius 3 is 2.61 bits per heavy atom. The Morgan fingerprint density at radius 2 is 1.96 bits per heavy atom. The number of nitrogens with zero attached hydrogens (tertiary/aromatic N) is 2. The minimum absolute atomic E-state index is 0.200. The lowest BCUT2D eigenvalue weighted by Gasteiger charge is -2.06. The summed E-state index contributed by atoms with van der Waals surface area (Å²) in [4.78, 5) is 20.8. The molecule has 1 aromatic carbocycles. The first-order valence-corrected chi connectivity index (χ1v) is 7.31. The molecule has 0 radical (unpaired) electrons. The number of carbonyl (C=O) groups excluding carboxylic acids is 1. The third kappa shape index (κ3) is 3.29. The van der Waals surface area contributed by atoms with E-state index in [-0.39, 0.29) is 5.91 Å². The topological polar surface area (TPSA) is 68.0 Å². The van der Waals surface area contributed by atoms with E-state index >= 15 is 0 Å². The van der Waals surface area contributed by atoms with Crippen molar-refractivity contribution in [2.24, 2.45) is 0 Å². The SMILES string of the molecule is Cc1ccc(C(=O)Nc2cccc(-c3nc(C)c(C)o3)c2)cn1. The molecule has 0 saturated carbocycles. The third-order valence-corrected chi connectivity index (χ3v) is 3.57. The number of hydrogen-bond acceptors (Lipinski definition) is 4. The molecule has 0 fully saturated rings. The van der Waals surface area contributed by atoms with E-state index in [0.29, 0.717) is 17.1 Å². The van der Waals surface area contributed by atoms with Gasteiger partial charge in [0.1, 0.15) is 5.76 Å². The number of amides is 1. The highest BCUT2D eigenvalue weighted by molar-refractivity contribution is 6.04. The monoisotopic (exact) mass is 307 g/mol. The van der Waals surface area contributed by atoms with E-state index < -0.39 is 0 Å². The molecular formula is C18H17N3O2. The lowest BCUT2D eigenvalue weighted by atomic mass is 10.2. The van der Waals surface area contributed by atoms with Gasteiger partial charge in [-0.05, 0) is 51.1 Å². The maximum absolute atomic E-state index is 12.2. The van der Waals surface area contributed by atoms with Crippen molar-refractivity contribution >= 4 is 11.6 Å². The van der Waals surface area contributed by atoms with Gasteiger partial charge in [-0.1, -0.05) is 6.07 Å². The Bertz CT molecular complexity index is 831. The summed E-state index contributed by atoms with van der Waals surface area (Å²) in [6, 6.07) is 11.0. The lowest BCUT2D eigenvalue weighted by molar-refractivity contribution is 0.102. The van der Waals surface area contributed by atoms with Crippen LogP contribution in [-0.4, -0.2) is 15.9 Å². The molecule has 5 heteroatoms. The number of benzene rings is 1. The van der Waals surface area contributed by atoms with E-state index in [0.717, 1.165) is 22.7 Å². The minimum Gasteiger partial charge on any atom is -0.441 e. The van der Waals surface area contributed by atoms with Crippen LogP contribution in [0.3, 0.4) is 0 Å². The summed E-state index contributed by atoms with van der Waals surface area (Å²) in [7, 11) is 0. The second kappa shape index (κ2) is 6.04. The Kier molecular flexibility index (Phi) is 3.93. The molecule has 2 heterocycles. The molecule has 0 unspecified atom stereocenters. The first-order chi connectivity index (χ1) is 11.0. The zero-order valence-electron chi connectivity index (χ0n) is 13.3. The zero-order chi connectivity index (χ0) is 16.4. The number of aryl methyl sites for hydroxylation is 3. The Morgan fingerprint density at radius 1 is 1.13 bits per heavy atom. The molecular weight excluding hydrogens is 290 g/mol. The standard InChI is InChI=1S/C18H17N3O2/c1-11-7-8-15(10-19-11)17(22)21-16-6-4-5-14(9-16)18-20-12(2)13(3)23-18/h4-10H,1-3H3,(H,21,22). The zero-order valence-corrected chi connectivity index (χ0v) is 13.3. The second-order valence-corrected chi connectivity index (χ2v) is 5.38. The maximum Gasteiger partial charge on any atom is 0.257 e. The number of aromatic nitrogens is 2. The number of oxazole rings is 1. The third-order valence-electron chi connectivity index (χ3n) is 3.57. The summed E-state index contributed by atoms with van der Waals surface area (Å²) in [5.41, 5.74) is 3.75. The molecule has 0 bridgehead atoms. The number of hydrogen-bond donors (Lipinski definition) is 1. The van der Waals surface area contributed by atoms with E-state index in [4.69, 9.17) is 4.42 Å². The van der Waals surface area contributed by atoms with Crippen LogP contribution in [0.4, 0.5) is 5.69 Å². The number of nitrogens with one attached hydrogen (secondary N) is 1. The summed E-state index contributed by atoms with van der Waals surface area (Å²) in [6.07, 6.45) is 1.56. The van der Waals surface area contributed by atoms with Gasteiger partial charge < -0.3 is 9.73 Å². The number of rotatable bonds is 3. The van der Waals surface area contributed by atoms with Crippen molar-refractivity contribution in [3.8, 4) is 11.5 Å². The summed E-state index contributed by atoms with van der Waals surface area (Å²) in [5.74, 6) is 1.14. The molecule has 1 amide bonds. The normalized spacial score (nSPS) is 10.6. The van der Waals surface area contributed by atoms with E-state index in [9.17, 15) is 4.79 Å². The first kappa shape index (κ1) is 15.0. The molecule has 1 N–H and O–H groups in total. The largest absolute Gasteiger partial charge is 0.441 e. The van der Waals surface area contributed by atoms with E-state index in [1.807, 2.05) is 51.1 Å². The van der Waals surface area contributed by atoms with Gasteiger partial charge in [-0.15, -0.1) is 0 Å². The van der Waals surface area contributed by atoms with Crippen LogP contribution in [0.2, 0.25) is 0 Å². The number of anilines is 1. The summed E-state index contributed by atoms with van der Waals surface area (Å²) in [6.45, 7) is 5.66. The van der Waals surface area contributed by atoms with Gasteiger partial charge in [-0.3, -0.25) is 9.78 Å². The van der Waals surface area contributed by atoms with Gasteiger partial charge in [0, 0.05) is 23.1 Å². The fourth-order valence-electron chi connectivity index (χ4n) is 2.13. The van der Waals surface area contributed by atoms with Gasteiger partial charge in [-0.2, -0.15) is 0 Å². The average Bonchev–Trinajstić information content (AvgIpc) is 2.88. The van der Waals surface area contributed by atoms with Crippen molar-refractivity contribution in [2.75, 3.05) is 5.32 Å². The van der Waals surface area contributed by atoms with Crippen LogP contribution in [-0.2, 0) is 0 Å². The van der Waals surface area contributed by atoms with Crippen LogP contribution in [0.25, 0.3) is 11.5 Å². The Labute approximate surface area is 134 Å². The first-order valence-electron chi connectivity index (χ1n) is 7.31. The fraction of sp³-hybridized carbons (Fsp3) is 0.167. The van der Waals surface area contributed by atoms with Crippen molar-refractivity contribution < 1.29 is 9.21 Å². The highest BCUT2D eigenvalue weighted by Crippen LogP contribution is 2.24. The fourth-order valence-corrected chi connectivity index (χ4v) is 2.13. The highest BCUT2D eigenvalue weighted by atomic mass is 16.4. The molecule has 5 nitrogen and oxygen atoms in total. The molecule has 3 aromatic rings. The predicted octanol–water partition coefficient (Wildman–Crippen LogP) is 3.91. The quantitative estimate of drug-likeness (QED) is 0.796. The van der Waals surface area contributed by atoms with Gasteiger partial charge in [-0.25, -0.2) is 4.98 Å². The number of carbonyl (C=O) groups is 1. The molecule has 2 aromatic heterocycles. The second-order valence-electron chi connectivity index (χ2n) is 5.38. The molecule has 116 valence electrons. The lowest BCUT2D eigenvalue weighted by Crippen LogP contribution is -2.12. The van der Waals surface area contributed by atoms with Crippen molar-refractivity contribution in [3.05, 3.63) is 65.3 Å². The highest BCUT2D eigenvalue weighted by Gasteiger charge is 2.10. The molecule has 0 aliphatic rings. The maximum atomic E-state index is 12.2. The van der Waals surface area contributed by atoms with Crippen molar-refractivity contribution in [2.45, 2.75) is 20.8 Å². The average molecular weight is 307 g/mol. The van der Waals surface area contributed by atoms with Crippen LogP contribution >= 0.6 is 0 Å². The molecule has 0 aliphatic carbocycles. The van der Waals surface area contributed by atoms with Gasteiger partial charge in [0.2, 0.25) is 5.89 Å². The molecule has 0 atom stereocenters. The molecule has 3 rings (SSSR count). The Hall–Kier alpha value is -2.95. The van der Waals surface area contributed by atoms with Crippen molar-refractivity contribution in [1.82, 2.24) is 9.97 Å². The van der Waals surface area contributed by atoms with Crippen LogP contribution in [0.1, 0.15) is 27.5 Å². The predicted molar refractivity (Wildman–Crippen MR) is 88.3 cm³/mol. The smallest absolute Gasteiger partial charge is 0.257 e. The summed E-state index contributed by atoms with van der Waals surface area (Å²) in [5, 5.41) is 2.86. The van der Waals surface area contributed by atoms with Gasteiger partial charge in [0.15, 0.2) is 0 Å². The van der Waals surface area contributed by atoms with Gasteiger partial charge in [0.05, 0.1) is 11.3 Å². The van der Waals surface area contributed by atoms with Crippen LogP contribution < -0.4 is 5.32 Å². The summed E-state index contributed by atoms with van der Waals surface area (Å²) >= 11 is 0. The van der Waals surface area contributed by atoms with Crippen LogP contribution in [0.15, 0.2) is 47.0 Å². The van der Waals surface area contributed by atoms with E-state index in [1.165, 1.54) is 0 Å². The van der Waals surface area contributed by atoms with Crippen molar-refractivity contribution in [3.63, 3.8) is 0 Å². The number of pyridine rings is 1. The van der Waals surface area contributed by atoms with Gasteiger partial charge >= 0.3 is 0 Å². The van der Waals surface area contributed by atoms with Crippen molar-refractivity contribution in [1.29, 1.82) is 0 Å².